The van der Waals surface area contributed by atoms with Crippen molar-refractivity contribution in [2.24, 2.45) is 0 Å². The summed E-state index contributed by atoms with van der Waals surface area (Å²) in [5, 5.41) is 5.40. The number of rotatable bonds is 4. The zero-order valence-electron chi connectivity index (χ0n) is 10.8. The first kappa shape index (κ1) is 13.5. The number of hydrogen-bond acceptors (Lipinski definition) is 1. The zero-order valence-corrected chi connectivity index (χ0v) is 13.2. The summed E-state index contributed by atoms with van der Waals surface area (Å²) in [5.74, 6) is 0. The van der Waals surface area contributed by atoms with Crippen LogP contribution in [0.1, 0.15) is 0 Å². The second-order valence-corrected chi connectivity index (χ2v) is 5.85. The minimum Gasteiger partial charge on any atom is -0.382 e. The first-order valence-corrected chi connectivity index (χ1v) is 7.64. The summed E-state index contributed by atoms with van der Waals surface area (Å²) in [6.45, 7) is 1.71. The topological polar surface area (TPSA) is 17.0 Å². The molecule has 0 aliphatic heterocycles. The molecule has 0 saturated carbocycles. The van der Waals surface area contributed by atoms with E-state index in [1.165, 1.54) is 5.39 Å². The molecule has 0 fully saturated rings. The van der Waals surface area contributed by atoms with E-state index in [-0.39, 0.29) is 0 Å². The zero-order chi connectivity index (χ0) is 13.9. The second kappa shape index (κ2) is 5.90. The molecular formula is C16H14BrClN2. The molecular weight excluding hydrogens is 336 g/mol. The number of para-hydroxylation sites is 2. The molecule has 4 heteroatoms. The van der Waals surface area contributed by atoms with Gasteiger partial charge in [-0.2, -0.15) is 0 Å². The van der Waals surface area contributed by atoms with Crippen LogP contribution in [0.3, 0.4) is 0 Å². The Labute approximate surface area is 131 Å². The average Bonchev–Trinajstić information content (AvgIpc) is 2.86. The Hall–Kier alpha value is -1.45. The largest absolute Gasteiger partial charge is 0.382 e. The van der Waals surface area contributed by atoms with Crippen LogP contribution in [0.5, 0.6) is 0 Å². The maximum absolute atomic E-state index is 6.28. The van der Waals surface area contributed by atoms with Gasteiger partial charge in [0.15, 0.2) is 0 Å². The summed E-state index contributed by atoms with van der Waals surface area (Å²) in [4.78, 5) is 0. The summed E-state index contributed by atoms with van der Waals surface area (Å²) >= 11 is 9.81. The van der Waals surface area contributed by atoms with Gasteiger partial charge in [-0.3, -0.25) is 0 Å². The standard InChI is InChI=1S/C16H14BrClN2/c17-13-5-1-2-7-15(13)19-9-11-20-10-8-12-4-3-6-14(18)16(12)20/h1-8,10,19H,9,11H2. The Morgan fingerprint density at radius 1 is 1.05 bits per heavy atom. The van der Waals surface area contributed by atoms with Gasteiger partial charge in [0.1, 0.15) is 0 Å². The number of nitrogens with zero attached hydrogens (tertiary/aromatic N) is 1. The van der Waals surface area contributed by atoms with Crippen LogP contribution in [0.2, 0.25) is 5.02 Å². The number of fused-ring (bicyclic) bond motifs is 1. The molecule has 2 aromatic carbocycles. The molecule has 1 aromatic heterocycles. The van der Waals surface area contributed by atoms with Crippen LogP contribution >= 0.6 is 27.5 Å². The fourth-order valence-electron chi connectivity index (χ4n) is 2.32. The summed E-state index contributed by atoms with van der Waals surface area (Å²) in [5.41, 5.74) is 2.21. The van der Waals surface area contributed by atoms with Crippen molar-refractivity contribution in [1.82, 2.24) is 4.57 Å². The van der Waals surface area contributed by atoms with Gasteiger partial charge < -0.3 is 9.88 Å². The van der Waals surface area contributed by atoms with Crippen molar-refractivity contribution in [2.75, 3.05) is 11.9 Å². The Morgan fingerprint density at radius 2 is 1.90 bits per heavy atom. The Bertz CT molecular complexity index is 736. The van der Waals surface area contributed by atoms with Gasteiger partial charge in [-0.25, -0.2) is 0 Å². The minimum atomic E-state index is 0.799. The number of nitrogens with one attached hydrogen (secondary N) is 1. The van der Waals surface area contributed by atoms with Crippen molar-refractivity contribution in [3.8, 4) is 0 Å². The molecule has 102 valence electrons. The normalized spacial score (nSPS) is 10.9. The molecule has 0 saturated heterocycles. The second-order valence-electron chi connectivity index (χ2n) is 4.59. The molecule has 1 N–H and O–H groups in total. The predicted molar refractivity (Wildman–Crippen MR) is 89.6 cm³/mol. The van der Waals surface area contributed by atoms with E-state index in [1.54, 1.807) is 0 Å². The van der Waals surface area contributed by atoms with Gasteiger partial charge in [0.05, 0.1) is 10.5 Å². The predicted octanol–water partition coefficient (Wildman–Crippen LogP) is 5.17. The highest BCUT2D eigenvalue weighted by molar-refractivity contribution is 9.10. The Balaban J connectivity index is 1.73. The van der Waals surface area contributed by atoms with Crippen LogP contribution < -0.4 is 5.32 Å². The monoisotopic (exact) mass is 348 g/mol. The SMILES string of the molecule is Clc1cccc2ccn(CCNc3ccccc3Br)c12. The first-order chi connectivity index (χ1) is 9.75. The van der Waals surface area contributed by atoms with Crippen molar-refractivity contribution in [2.45, 2.75) is 6.54 Å². The highest BCUT2D eigenvalue weighted by atomic mass is 79.9. The average molecular weight is 350 g/mol. The van der Waals surface area contributed by atoms with E-state index in [4.69, 9.17) is 11.6 Å². The van der Waals surface area contributed by atoms with Gasteiger partial charge in [-0.1, -0.05) is 35.9 Å². The molecule has 20 heavy (non-hydrogen) atoms. The molecule has 3 aromatic rings. The van der Waals surface area contributed by atoms with E-state index in [9.17, 15) is 0 Å². The summed E-state index contributed by atoms with van der Waals surface area (Å²) in [6.07, 6.45) is 2.08. The van der Waals surface area contributed by atoms with E-state index < -0.39 is 0 Å². The molecule has 0 aliphatic rings. The molecule has 0 atom stereocenters. The summed E-state index contributed by atoms with van der Waals surface area (Å²) in [6, 6.07) is 16.2. The van der Waals surface area contributed by atoms with Crippen LogP contribution in [0.25, 0.3) is 10.9 Å². The lowest BCUT2D eigenvalue weighted by atomic mass is 10.2. The van der Waals surface area contributed by atoms with Crippen LogP contribution in [-0.4, -0.2) is 11.1 Å². The van der Waals surface area contributed by atoms with Gasteiger partial charge in [0.25, 0.3) is 0 Å². The molecule has 1 heterocycles. The Morgan fingerprint density at radius 3 is 2.75 bits per heavy atom. The quantitative estimate of drug-likeness (QED) is 0.687. The van der Waals surface area contributed by atoms with E-state index in [0.717, 1.165) is 33.8 Å². The molecule has 0 radical (unpaired) electrons. The fourth-order valence-corrected chi connectivity index (χ4v) is 3.03. The minimum absolute atomic E-state index is 0.799. The van der Waals surface area contributed by atoms with E-state index in [2.05, 4.69) is 50.2 Å². The van der Waals surface area contributed by atoms with Crippen molar-refractivity contribution in [1.29, 1.82) is 0 Å². The molecule has 0 unspecified atom stereocenters. The van der Waals surface area contributed by atoms with Crippen molar-refractivity contribution < 1.29 is 0 Å². The number of hydrogen-bond donors (Lipinski definition) is 1. The van der Waals surface area contributed by atoms with E-state index in [1.807, 2.05) is 30.3 Å². The van der Waals surface area contributed by atoms with E-state index >= 15 is 0 Å². The molecule has 0 bridgehead atoms. The van der Waals surface area contributed by atoms with Crippen molar-refractivity contribution in [3.63, 3.8) is 0 Å². The van der Waals surface area contributed by atoms with Gasteiger partial charge in [0.2, 0.25) is 0 Å². The molecule has 2 nitrogen and oxygen atoms in total. The third kappa shape index (κ3) is 2.69. The lowest BCUT2D eigenvalue weighted by molar-refractivity contribution is 0.757. The van der Waals surface area contributed by atoms with E-state index in [0.29, 0.717) is 0 Å². The van der Waals surface area contributed by atoms with Crippen LogP contribution in [-0.2, 0) is 6.54 Å². The lowest BCUT2D eigenvalue weighted by Gasteiger charge is -2.10. The van der Waals surface area contributed by atoms with Crippen molar-refractivity contribution in [3.05, 3.63) is 64.2 Å². The molecule has 0 aliphatic carbocycles. The maximum Gasteiger partial charge on any atom is 0.0670 e. The third-order valence-electron chi connectivity index (χ3n) is 3.28. The van der Waals surface area contributed by atoms with Gasteiger partial charge >= 0.3 is 0 Å². The van der Waals surface area contributed by atoms with Gasteiger partial charge in [0, 0.05) is 34.8 Å². The van der Waals surface area contributed by atoms with Gasteiger partial charge in [-0.05, 0) is 40.2 Å². The van der Waals surface area contributed by atoms with Gasteiger partial charge in [-0.15, -0.1) is 0 Å². The first-order valence-electron chi connectivity index (χ1n) is 6.47. The number of halogens is 2. The summed E-state index contributed by atoms with van der Waals surface area (Å²) in [7, 11) is 0. The highest BCUT2D eigenvalue weighted by Gasteiger charge is 2.04. The molecule has 0 amide bonds. The lowest BCUT2D eigenvalue weighted by Crippen LogP contribution is -2.10. The number of anilines is 1. The summed E-state index contributed by atoms with van der Waals surface area (Å²) < 4.78 is 3.26. The van der Waals surface area contributed by atoms with Crippen LogP contribution in [0.15, 0.2) is 59.2 Å². The Kier molecular flexibility index (Phi) is 3.99. The number of aromatic nitrogens is 1. The number of benzene rings is 2. The fraction of sp³-hybridized carbons (Fsp3) is 0.125. The smallest absolute Gasteiger partial charge is 0.0670 e. The maximum atomic E-state index is 6.28. The third-order valence-corrected chi connectivity index (χ3v) is 4.28. The van der Waals surface area contributed by atoms with Crippen LogP contribution in [0.4, 0.5) is 5.69 Å². The van der Waals surface area contributed by atoms with Crippen molar-refractivity contribution >= 4 is 44.1 Å². The van der Waals surface area contributed by atoms with Crippen LogP contribution in [0, 0.1) is 0 Å². The molecule has 3 rings (SSSR count). The highest BCUT2D eigenvalue weighted by Crippen LogP contribution is 2.25. The molecule has 0 spiro atoms.